The number of hydrogen-bond acceptors (Lipinski definition) is 6. The topological polar surface area (TPSA) is 65.5 Å². The second-order valence-electron chi connectivity index (χ2n) is 3.74. The van der Waals surface area contributed by atoms with Crippen molar-refractivity contribution in [2.24, 2.45) is 0 Å². The molecule has 0 bridgehead atoms. The van der Waals surface area contributed by atoms with Crippen LogP contribution in [-0.4, -0.2) is 31.3 Å². The number of nitrogens with zero attached hydrogens (tertiary/aromatic N) is 2. The molecule has 0 saturated heterocycles. The average Bonchev–Trinajstić information content (AvgIpc) is 2.46. The maximum Gasteiger partial charge on any atom is 0.228 e. The van der Waals surface area contributed by atoms with Crippen LogP contribution in [0.4, 0.5) is 11.6 Å². The van der Waals surface area contributed by atoms with Gasteiger partial charge < -0.3 is 19.5 Å². The second-order valence-corrected chi connectivity index (χ2v) is 4.55. The molecule has 1 N–H and O–H groups in total. The van der Waals surface area contributed by atoms with Crippen LogP contribution in [0.5, 0.6) is 17.2 Å². The molecule has 0 aliphatic carbocycles. The molecule has 2 rings (SSSR count). The third-order valence-electron chi connectivity index (χ3n) is 2.54. The van der Waals surface area contributed by atoms with Gasteiger partial charge in [0.15, 0.2) is 11.5 Å². The molecule has 0 spiro atoms. The van der Waals surface area contributed by atoms with E-state index in [4.69, 9.17) is 14.2 Å². The minimum absolute atomic E-state index is 0.466. The molecule has 0 atom stereocenters. The van der Waals surface area contributed by atoms with Gasteiger partial charge in [-0.15, -0.1) is 0 Å². The van der Waals surface area contributed by atoms with Crippen LogP contribution in [0.15, 0.2) is 29.0 Å². The average molecular weight is 340 g/mol. The normalized spacial score (nSPS) is 10.0. The van der Waals surface area contributed by atoms with E-state index in [1.165, 1.54) is 0 Å². The van der Waals surface area contributed by atoms with Crippen molar-refractivity contribution in [3.63, 3.8) is 0 Å². The summed E-state index contributed by atoms with van der Waals surface area (Å²) in [6, 6.07) is 5.32. The minimum Gasteiger partial charge on any atom is -0.493 e. The van der Waals surface area contributed by atoms with Crippen LogP contribution in [-0.2, 0) is 0 Å². The first-order chi connectivity index (χ1) is 9.67. The molecule has 6 nitrogen and oxygen atoms in total. The summed E-state index contributed by atoms with van der Waals surface area (Å²) in [6.45, 7) is 0. The molecule has 0 aliphatic rings. The number of anilines is 2. The standard InChI is InChI=1S/C13H14BrN3O3/c1-18-9-6-8(7-10(19-2)12(9)20-3)16-13-15-5-4-11(14)17-13/h4-7H,1-3H3,(H,15,16,17). The maximum atomic E-state index is 5.29. The highest BCUT2D eigenvalue weighted by Gasteiger charge is 2.13. The predicted octanol–water partition coefficient (Wildman–Crippen LogP) is 3.01. The number of rotatable bonds is 5. The van der Waals surface area contributed by atoms with Gasteiger partial charge in [-0.2, -0.15) is 0 Å². The Labute approximate surface area is 125 Å². The summed E-state index contributed by atoms with van der Waals surface area (Å²) in [5.41, 5.74) is 0.734. The van der Waals surface area contributed by atoms with Crippen molar-refractivity contribution in [3.05, 3.63) is 29.0 Å². The van der Waals surface area contributed by atoms with Gasteiger partial charge in [-0.25, -0.2) is 9.97 Å². The highest BCUT2D eigenvalue weighted by Crippen LogP contribution is 2.40. The summed E-state index contributed by atoms with van der Waals surface area (Å²) in [6.07, 6.45) is 1.65. The zero-order valence-corrected chi connectivity index (χ0v) is 12.9. The van der Waals surface area contributed by atoms with Crippen LogP contribution in [0.1, 0.15) is 0 Å². The van der Waals surface area contributed by atoms with Crippen molar-refractivity contribution < 1.29 is 14.2 Å². The van der Waals surface area contributed by atoms with E-state index in [9.17, 15) is 0 Å². The lowest BCUT2D eigenvalue weighted by atomic mass is 10.2. The lowest BCUT2D eigenvalue weighted by Gasteiger charge is -2.14. The van der Waals surface area contributed by atoms with E-state index >= 15 is 0 Å². The molecule has 1 aromatic carbocycles. The van der Waals surface area contributed by atoms with Gasteiger partial charge in [-0.05, 0) is 22.0 Å². The number of benzene rings is 1. The van der Waals surface area contributed by atoms with E-state index in [1.54, 1.807) is 45.7 Å². The highest BCUT2D eigenvalue weighted by atomic mass is 79.9. The molecule has 0 amide bonds. The van der Waals surface area contributed by atoms with E-state index in [1.807, 2.05) is 0 Å². The van der Waals surface area contributed by atoms with E-state index < -0.39 is 0 Å². The Morgan fingerprint density at radius 3 is 2.20 bits per heavy atom. The predicted molar refractivity (Wildman–Crippen MR) is 79.1 cm³/mol. The molecule has 0 fully saturated rings. The van der Waals surface area contributed by atoms with Crippen LogP contribution in [0.2, 0.25) is 0 Å². The largest absolute Gasteiger partial charge is 0.493 e. The van der Waals surface area contributed by atoms with Gasteiger partial charge in [0, 0.05) is 24.0 Å². The number of nitrogens with one attached hydrogen (secondary N) is 1. The minimum atomic E-state index is 0.466. The number of halogens is 1. The fourth-order valence-electron chi connectivity index (χ4n) is 1.68. The Kier molecular flexibility index (Phi) is 4.62. The number of ether oxygens (including phenoxy) is 3. The molecule has 0 radical (unpaired) electrons. The summed E-state index contributed by atoms with van der Waals surface area (Å²) in [5.74, 6) is 2.12. The monoisotopic (exact) mass is 339 g/mol. The molecule has 106 valence electrons. The van der Waals surface area contributed by atoms with Crippen molar-refractivity contribution in [3.8, 4) is 17.2 Å². The molecule has 20 heavy (non-hydrogen) atoms. The summed E-state index contributed by atoms with van der Waals surface area (Å²) in [5, 5.41) is 3.08. The number of methoxy groups -OCH3 is 3. The summed E-state index contributed by atoms with van der Waals surface area (Å²) in [7, 11) is 4.69. The van der Waals surface area contributed by atoms with E-state index in [0.29, 0.717) is 27.8 Å². The molecular weight excluding hydrogens is 326 g/mol. The van der Waals surface area contributed by atoms with Crippen molar-refractivity contribution in [1.82, 2.24) is 9.97 Å². The van der Waals surface area contributed by atoms with Gasteiger partial charge in [0.05, 0.1) is 21.3 Å². The van der Waals surface area contributed by atoms with Crippen LogP contribution >= 0.6 is 15.9 Å². The first-order valence-corrected chi connectivity index (χ1v) is 6.52. The Bertz CT molecular complexity index is 582. The zero-order chi connectivity index (χ0) is 14.5. The quantitative estimate of drug-likeness (QED) is 0.844. The van der Waals surface area contributed by atoms with Gasteiger partial charge >= 0.3 is 0 Å². The van der Waals surface area contributed by atoms with Crippen LogP contribution < -0.4 is 19.5 Å². The lowest BCUT2D eigenvalue weighted by molar-refractivity contribution is 0.324. The van der Waals surface area contributed by atoms with Crippen molar-refractivity contribution >= 4 is 27.6 Å². The SMILES string of the molecule is COc1cc(Nc2nccc(Br)n2)cc(OC)c1OC. The fraction of sp³-hybridized carbons (Fsp3) is 0.231. The van der Waals surface area contributed by atoms with Gasteiger partial charge in [0.1, 0.15) is 4.60 Å². The Balaban J connectivity index is 2.37. The molecule has 1 aromatic heterocycles. The molecule has 2 aromatic rings. The van der Waals surface area contributed by atoms with Gasteiger partial charge in [-0.1, -0.05) is 0 Å². The Morgan fingerprint density at radius 2 is 1.70 bits per heavy atom. The number of hydrogen-bond donors (Lipinski definition) is 1. The van der Waals surface area contributed by atoms with Crippen LogP contribution in [0.3, 0.4) is 0 Å². The third-order valence-corrected chi connectivity index (χ3v) is 2.98. The van der Waals surface area contributed by atoms with Gasteiger partial charge in [0.2, 0.25) is 11.7 Å². The maximum absolute atomic E-state index is 5.29. The molecule has 7 heteroatoms. The van der Waals surface area contributed by atoms with E-state index in [2.05, 4.69) is 31.2 Å². The first-order valence-electron chi connectivity index (χ1n) is 5.73. The summed E-state index contributed by atoms with van der Waals surface area (Å²) < 4.78 is 16.5. The molecule has 0 unspecified atom stereocenters. The van der Waals surface area contributed by atoms with Crippen LogP contribution in [0, 0.1) is 0 Å². The lowest BCUT2D eigenvalue weighted by Crippen LogP contribution is -2.00. The summed E-state index contributed by atoms with van der Waals surface area (Å²) in [4.78, 5) is 8.33. The first kappa shape index (κ1) is 14.4. The molecular formula is C13H14BrN3O3. The second kappa shape index (κ2) is 6.42. The highest BCUT2D eigenvalue weighted by molar-refractivity contribution is 9.10. The zero-order valence-electron chi connectivity index (χ0n) is 11.3. The summed E-state index contributed by atoms with van der Waals surface area (Å²) >= 11 is 3.29. The molecule has 1 heterocycles. The van der Waals surface area contributed by atoms with Crippen molar-refractivity contribution in [2.75, 3.05) is 26.6 Å². The van der Waals surface area contributed by atoms with Crippen LogP contribution in [0.25, 0.3) is 0 Å². The van der Waals surface area contributed by atoms with Gasteiger partial charge in [0.25, 0.3) is 0 Å². The van der Waals surface area contributed by atoms with Crippen molar-refractivity contribution in [1.29, 1.82) is 0 Å². The van der Waals surface area contributed by atoms with E-state index in [-0.39, 0.29) is 0 Å². The Morgan fingerprint density at radius 1 is 1.05 bits per heavy atom. The smallest absolute Gasteiger partial charge is 0.228 e. The third kappa shape index (κ3) is 3.11. The molecule has 0 aliphatic heterocycles. The fourth-order valence-corrected chi connectivity index (χ4v) is 1.97. The Hall–Kier alpha value is -2.02. The number of aromatic nitrogens is 2. The van der Waals surface area contributed by atoms with Gasteiger partial charge in [-0.3, -0.25) is 0 Å². The van der Waals surface area contributed by atoms with Crippen molar-refractivity contribution in [2.45, 2.75) is 0 Å². The van der Waals surface area contributed by atoms with E-state index in [0.717, 1.165) is 5.69 Å². The molecule has 0 saturated carbocycles.